The predicted molar refractivity (Wildman–Crippen MR) is 81.6 cm³/mol. The van der Waals surface area contributed by atoms with Crippen LogP contribution in [0.2, 0.25) is 0 Å². The van der Waals surface area contributed by atoms with Gasteiger partial charge in [0.15, 0.2) is 5.16 Å². The number of thioether (sulfide) groups is 1. The molecule has 0 saturated carbocycles. The number of hydrogen-bond acceptors (Lipinski definition) is 4. The molecule has 0 radical (unpaired) electrons. The normalized spacial score (nSPS) is 12.2. The average Bonchev–Trinajstić information content (AvgIpc) is 2.46. The van der Waals surface area contributed by atoms with Crippen LogP contribution in [0.4, 0.5) is 5.69 Å². The van der Waals surface area contributed by atoms with Crippen molar-refractivity contribution in [1.29, 1.82) is 0 Å². The van der Waals surface area contributed by atoms with Gasteiger partial charge in [-0.2, -0.15) is 0 Å². The highest BCUT2D eigenvalue weighted by Crippen LogP contribution is 2.26. The van der Waals surface area contributed by atoms with Crippen molar-refractivity contribution in [2.24, 2.45) is 5.92 Å². The standard InChI is InChI=1S/C15H17N3OS/c1-11(2)13(20-15-16-9-6-10-17-15)14(19)18-12-7-4-3-5-8-12/h3-11,13H,1-2H3,(H,18,19). The van der Waals surface area contributed by atoms with Crippen LogP contribution in [0.25, 0.3) is 0 Å². The Labute approximate surface area is 123 Å². The molecule has 1 aromatic heterocycles. The van der Waals surface area contributed by atoms with E-state index >= 15 is 0 Å². The summed E-state index contributed by atoms with van der Waals surface area (Å²) in [6.07, 6.45) is 3.36. The van der Waals surface area contributed by atoms with Crippen molar-refractivity contribution in [3.63, 3.8) is 0 Å². The van der Waals surface area contributed by atoms with Crippen LogP contribution in [-0.2, 0) is 4.79 Å². The summed E-state index contributed by atoms with van der Waals surface area (Å²) in [6, 6.07) is 11.2. The zero-order valence-electron chi connectivity index (χ0n) is 11.5. The maximum Gasteiger partial charge on any atom is 0.238 e. The second-order valence-electron chi connectivity index (χ2n) is 4.67. The number of nitrogens with zero attached hydrogens (tertiary/aromatic N) is 2. The monoisotopic (exact) mass is 287 g/mol. The smallest absolute Gasteiger partial charge is 0.238 e. The van der Waals surface area contributed by atoms with Crippen molar-refractivity contribution in [2.75, 3.05) is 5.32 Å². The number of aromatic nitrogens is 2. The van der Waals surface area contributed by atoms with Gasteiger partial charge >= 0.3 is 0 Å². The number of nitrogens with one attached hydrogen (secondary N) is 1. The first kappa shape index (κ1) is 14.5. The van der Waals surface area contributed by atoms with Gasteiger partial charge in [0, 0.05) is 18.1 Å². The van der Waals surface area contributed by atoms with Crippen LogP contribution in [0, 0.1) is 5.92 Å². The maximum absolute atomic E-state index is 12.4. The van der Waals surface area contributed by atoms with Gasteiger partial charge in [-0.05, 0) is 24.1 Å². The molecule has 0 aliphatic carbocycles. The maximum atomic E-state index is 12.4. The number of carbonyl (C=O) groups is 1. The van der Waals surface area contributed by atoms with Crippen molar-refractivity contribution >= 4 is 23.4 Å². The highest BCUT2D eigenvalue weighted by Gasteiger charge is 2.24. The molecule has 0 aliphatic heterocycles. The van der Waals surface area contributed by atoms with E-state index in [1.807, 2.05) is 44.2 Å². The molecule has 20 heavy (non-hydrogen) atoms. The largest absolute Gasteiger partial charge is 0.325 e. The molecule has 4 nitrogen and oxygen atoms in total. The molecule has 2 rings (SSSR count). The molecule has 1 N–H and O–H groups in total. The Balaban J connectivity index is 2.07. The number of anilines is 1. The lowest BCUT2D eigenvalue weighted by molar-refractivity contribution is -0.116. The van der Waals surface area contributed by atoms with Crippen molar-refractivity contribution in [3.05, 3.63) is 48.8 Å². The minimum Gasteiger partial charge on any atom is -0.325 e. The molecule has 1 atom stereocenters. The van der Waals surface area contributed by atoms with Crippen LogP contribution in [-0.4, -0.2) is 21.1 Å². The molecule has 0 fully saturated rings. The van der Waals surface area contributed by atoms with Gasteiger partial charge in [-0.1, -0.05) is 43.8 Å². The summed E-state index contributed by atoms with van der Waals surface area (Å²) in [4.78, 5) is 20.7. The fourth-order valence-corrected chi connectivity index (χ4v) is 2.60. The van der Waals surface area contributed by atoms with E-state index in [1.165, 1.54) is 11.8 Å². The van der Waals surface area contributed by atoms with E-state index in [-0.39, 0.29) is 17.1 Å². The van der Waals surface area contributed by atoms with Crippen LogP contribution in [0.3, 0.4) is 0 Å². The van der Waals surface area contributed by atoms with E-state index < -0.39 is 0 Å². The van der Waals surface area contributed by atoms with E-state index in [0.29, 0.717) is 5.16 Å². The van der Waals surface area contributed by atoms with E-state index in [0.717, 1.165) is 5.69 Å². The van der Waals surface area contributed by atoms with Crippen LogP contribution >= 0.6 is 11.8 Å². The van der Waals surface area contributed by atoms with E-state index in [4.69, 9.17) is 0 Å². The summed E-state index contributed by atoms with van der Waals surface area (Å²) in [7, 11) is 0. The zero-order chi connectivity index (χ0) is 14.4. The van der Waals surface area contributed by atoms with Gasteiger partial charge in [-0.3, -0.25) is 4.79 Å². The molecule has 0 aliphatic rings. The fraction of sp³-hybridized carbons (Fsp3) is 0.267. The Morgan fingerprint density at radius 2 is 1.75 bits per heavy atom. The zero-order valence-corrected chi connectivity index (χ0v) is 12.3. The van der Waals surface area contributed by atoms with E-state index in [1.54, 1.807) is 18.5 Å². The molecule has 2 aromatic rings. The van der Waals surface area contributed by atoms with Crippen LogP contribution in [0.15, 0.2) is 53.9 Å². The van der Waals surface area contributed by atoms with Gasteiger partial charge in [0.2, 0.25) is 5.91 Å². The third kappa shape index (κ3) is 4.06. The number of rotatable bonds is 5. The summed E-state index contributed by atoms with van der Waals surface area (Å²) < 4.78 is 0. The first-order valence-corrected chi connectivity index (χ1v) is 7.34. The molecule has 1 heterocycles. The number of amides is 1. The Morgan fingerprint density at radius 3 is 2.35 bits per heavy atom. The summed E-state index contributed by atoms with van der Waals surface area (Å²) in [5.41, 5.74) is 0.803. The molecule has 0 bridgehead atoms. The van der Waals surface area contributed by atoms with Crippen molar-refractivity contribution in [2.45, 2.75) is 24.3 Å². The average molecular weight is 287 g/mol. The fourth-order valence-electron chi connectivity index (χ4n) is 1.69. The topological polar surface area (TPSA) is 54.9 Å². The van der Waals surface area contributed by atoms with Gasteiger partial charge in [0.1, 0.15) is 0 Å². The lowest BCUT2D eigenvalue weighted by atomic mass is 10.1. The molecule has 0 saturated heterocycles. The SMILES string of the molecule is CC(C)C(Sc1ncccn1)C(=O)Nc1ccccc1. The van der Waals surface area contributed by atoms with Crippen LogP contribution in [0.5, 0.6) is 0 Å². The van der Waals surface area contributed by atoms with E-state index in [2.05, 4.69) is 15.3 Å². The van der Waals surface area contributed by atoms with Crippen LogP contribution in [0.1, 0.15) is 13.8 Å². The van der Waals surface area contributed by atoms with Gasteiger partial charge in [0.25, 0.3) is 0 Å². The molecule has 104 valence electrons. The first-order valence-electron chi connectivity index (χ1n) is 6.46. The summed E-state index contributed by atoms with van der Waals surface area (Å²) >= 11 is 1.39. The second kappa shape index (κ2) is 7.05. The minimum atomic E-state index is -0.224. The number of carbonyl (C=O) groups excluding carboxylic acids is 1. The Bertz CT molecular complexity index is 546. The van der Waals surface area contributed by atoms with Crippen molar-refractivity contribution in [3.8, 4) is 0 Å². The molecular formula is C15H17N3OS. The number of hydrogen-bond donors (Lipinski definition) is 1. The molecule has 0 spiro atoms. The number of para-hydroxylation sites is 1. The minimum absolute atomic E-state index is 0.0244. The Hall–Kier alpha value is -1.88. The van der Waals surface area contributed by atoms with Gasteiger partial charge in [-0.15, -0.1) is 0 Å². The number of benzene rings is 1. The van der Waals surface area contributed by atoms with Gasteiger partial charge in [-0.25, -0.2) is 9.97 Å². The third-order valence-corrected chi connectivity index (χ3v) is 4.11. The summed E-state index contributed by atoms with van der Waals surface area (Å²) in [6.45, 7) is 4.04. The predicted octanol–water partition coefficient (Wildman–Crippen LogP) is 3.23. The quantitative estimate of drug-likeness (QED) is 0.677. The molecular weight excluding hydrogens is 270 g/mol. The molecule has 5 heteroatoms. The van der Waals surface area contributed by atoms with Crippen LogP contribution < -0.4 is 5.32 Å². The Kier molecular flexibility index (Phi) is 5.12. The Morgan fingerprint density at radius 1 is 1.10 bits per heavy atom. The first-order chi connectivity index (χ1) is 9.66. The van der Waals surface area contributed by atoms with Crippen molar-refractivity contribution < 1.29 is 4.79 Å². The van der Waals surface area contributed by atoms with Gasteiger partial charge < -0.3 is 5.32 Å². The van der Waals surface area contributed by atoms with Gasteiger partial charge in [0.05, 0.1) is 5.25 Å². The van der Waals surface area contributed by atoms with E-state index in [9.17, 15) is 4.79 Å². The molecule has 1 amide bonds. The summed E-state index contributed by atoms with van der Waals surface area (Å²) in [5, 5.41) is 3.32. The third-order valence-electron chi connectivity index (χ3n) is 2.68. The molecule has 1 unspecified atom stereocenters. The molecule has 1 aromatic carbocycles. The lowest BCUT2D eigenvalue weighted by Gasteiger charge is -2.18. The summed E-state index contributed by atoms with van der Waals surface area (Å²) in [5.74, 6) is 0.163. The second-order valence-corrected chi connectivity index (χ2v) is 5.78. The highest BCUT2D eigenvalue weighted by molar-refractivity contribution is 8.00. The lowest BCUT2D eigenvalue weighted by Crippen LogP contribution is -2.29. The van der Waals surface area contributed by atoms with Crippen molar-refractivity contribution in [1.82, 2.24) is 9.97 Å². The highest BCUT2D eigenvalue weighted by atomic mass is 32.2.